The minimum absolute atomic E-state index is 0.107. The molecule has 0 heterocycles. The molecule has 0 aliphatic heterocycles. The van der Waals surface area contributed by atoms with Gasteiger partial charge in [-0.05, 0) is 49.4 Å². The Morgan fingerprint density at radius 3 is 0.651 bits per heavy atom. The van der Waals surface area contributed by atoms with Gasteiger partial charge in [0.1, 0.15) is 19.3 Å². The second-order valence-electron chi connectivity index (χ2n) is 34.0. The van der Waals surface area contributed by atoms with Crippen LogP contribution in [0, 0.1) is 23.7 Å². The number of ether oxygens (including phenoxy) is 4. The van der Waals surface area contributed by atoms with E-state index in [1.54, 1.807) is 0 Å². The third-order valence-electron chi connectivity index (χ3n) is 21.4. The zero-order chi connectivity index (χ0) is 80.2. The van der Waals surface area contributed by atoms with E-state index in [-0.39, 0.29) is 25.7 Å². The zero-order valence-electron chi connectivity index (χ0n) is 72.2. The van der Waals surface area contributed by atoms with Gasteiger partial charge in [0.25, 0.3) is 0 Å². The van der Waals surface area contributed by atoms with Crippen molar-refractivity contribution < 1.29 is 80.2 Å². The van der Waals surface area contributed by atoms with E-state index in [1.165, 1.54) is 270 Å². The van der Waals surface area contributed by atoms with E-state index < -0.39 is 97.5 Å². The summed E-state index contributed by atoms with van der Waals surface area (Å²) in [4.78, 5) is 73.3. The molecule has 0 aromatic heterocycles. The first-order valence-corrected chi connectivity index (χ1v) is 49.2. The van der Waals surface area contributed by atoms with E-state index >= 15 is 0 Å². The molecule has 6 atom stereocenters. The molecule has 0 spiro atoms. The monoisotopic (exact) mass is 1590 g/mol. The smallest absolute Gasteiger partial charge is 0.462 e. The Labute approximate surface area is 670 Å². The highest BCUT2D eigenvalue weighted by Crippen LogP contribution is 2.45. The van der Waals surface area contributed by atoms with Gasteiger partial charge in [0.05, 0.1) is 26.4 Å². The van der Waals surface area contributed by atoms with E-state index in [0.717, 1.165) is 114 Å². The van der Waals surface area contributed by atoms with E-state index in [0.29, 0.717) is 31.6 Å². The average molecular weight is 1590 g/mol. The van der Waals surface area contributed by atoms with Crippen molar-refractivity contribution >= 4 is 39.5 Å². The lowest BCUT2D eigenvalue weighted by Gasteiger charge is -2.21. The summed E-state index contributed by atoms with van der Waals surface area (Å²) < 4.78 is 69.0. The number of aliphatic hydroxyl groups excluding tert-OH is 1. The summed E-state index contributed by atoms with van der Waals surface area (Å²) in [5.74, 6) is 1.07. The van der Waals surface area contributed by atoms with Crippen LogP contribution < -0.4 is 0 Å². The predicted molar refractivity (Wildman–Crippen MR) is 451 cm³/mol. The lowest BCUT2D eigenvalue weighted by Crippen LogP contribution is -2.30. The van der Waals surface area contributed by atoms with Crippen LogP contribution in [0.3, 0.4) is 0 Å². The third kappa shape index (κ3) is 82.4. The number of unbranched alkanes of at least 4 members (excludes halogenated alkanes) is 52. The minimum atomic E-state index is -4.97. The van der Waals surface area contributed by atoms with E-state index in [4.69, 9.17) is 37.0 Å². The minimum Gasteiger partial charge on any atom is -0.462 e. The lowest BCUT2D eigenvalue weighted by molar-refractivity contribution is -0.161. The number of phosphoric ester groups is 2. The maximum absolute atomic E-state index is 13.2. The van der Waals surface area contributed by atoms with Crippen molar-refractivity contribution in [2.24, 2.45) is 23.7 Å². The quantitative estimate of drug-likeness (QED) is 0.0222. The third-order valence-corrected chi connectivity index (χ3v) is 23.3. The molecule has 0 saturated carbocycles. The van der Waals surface area contributed by atoms with Crippen LogP contribution in [0.25, 0.3) is 0 Å². The number of hydrogen-bond donors (Lipinski definition) is 3. The summed E-state index contributed by atoms with van der Waals surface area (Å²) in [5.41, 5.74) is 0. The number of rotatable bonds is 87. The number of phosphoric acid groups is 2. The predicted octanol–water partition coefficient (Wildman–Crippen LogP) is 27.5. The molecule has 4 unspecified atom stereocenters. The fourth-order valence-corrected chi connectivity index (χ4v) is 15.6. The highest BCUT2D eigenvalue weighted by atomic mass is 31.2. The lowest BCUT2D eigenvalue weighted by atomic mass is 9.99. The fraction of sp³-hybridized carbons (Fsp3) is 0.956. The van der Waals surface area contributed by atoms with Gasteiger partial charge >= 0.3 is 39.5 Å². The molecule has 0 aliphatic carbocycles. The standard InChI is InChI=1S/C90H176O17P2/c1-9-83(8)69-61-53-44-38-32-26-20-12-10-11-13-22-28-34-40-46-56-64-72-89(94)106-85(76-100-87(92)70-62-54-45-39-33-27-21-16-14-18-24-30-36-42-50-58-66-80(2)3)78-104-108(96,97)102-74-84(91)75-103-109(98,99)105-79-86(77-101-88(93)71-63-55-49-48-52-60-68-82(6)7)107-90(95)73-65-57-47-41-35-29-23-17-15-19-25-31-37-43-51-59-67-81(4)5/h80-86,91H,9-79H2,1-8H3,(H,96,97)(H,98,99)/t83?,84?,85-,86-/m1/s1. The van der Waals surface area contributed by atoms with Crippen molar-refractivity contribution in [3.05, 3.63) is 0 Å². The van der Waals surface area contributed by atoms with Gasteiger partial charge in [0.15, 0.2) is 12.2 Å². The Bertz CT molecular complexity index is 2110. The van der Waals surface area contributed by atoms with Crippen molar-refractivity contribution in [3.63, 3.8) is 0 Å². The Morgan fingerprint density at radius 2 is 0.440 bits per heavy atom. The number of hydrogen-bond acceptors (Lipinski definition) is 15. The molecule has 0 aliphatic rings. The molecule has 0 aromatic rings. The van der Waals surface area contributed by atoms with E-state index in [1.807, 2.05) is 0 Å². The van der Waals surface area contributed by atoms with Crippen LogP contribution in [0.5, 0.6) is 0 Å². The van der Waals surface area contributed by atoms with Crippen LogP contribution in [0.4, 0.5) is 0 Å². The number of aliphatic hydroxyl groups is 1. The van der Waals surface area contributed by atoms with Crippen LogP contribution in [0.2, 0.25) is 0 Å². The van der Waals surface area contributed by atoms with E-state index in [9.17, 15) is 43.2 Å². The first-order chi connectivity index (χ1) is 52.6. The first kappa shape index (κ1) is 107. The Hall–Kier alpha value is -1.94. The number of esters is 4. The van der Waals surface area contributed by atoms with Crippen LogP contribution in [-0.2, 0) is 65.4 Å². The SMILES string of the molecule is CCC(C)CCCCCCCCCCCCCCCCCCCCC(=O)O[C@H](COC(=O)CCCCCCCCCCCCCCCCCCC(C)C)COP(=O)(O)OCC(O)COP(=O)(O)OC[C@@H](COC(=O)CCCCCCCCC(C)C)OC(=O)CCCCCCCCCCCCCCCCCCC(C)C. The maximum Gasteiger partial charge on any atom is 0.472 e. The van der Waals surface area contributed by atoms with Gasteiger partial charge < -0.3 is 33.8 Å². The molecular weight excluding hydrogens is 1410 g/mol. The molecule has 109 heavy (non-hydrogen) atoms. The first-order valence-electron chi connectivity index (χ1n) is 46.2. The summed E-state index contributed by atoms with van der Waals surface area (Å²) in [6.45, 7) is 14.4. The van der Waals surface area contributed by atoms with Gasteiger partial charge in [-0.25, -0.2) is 9.13 Å². The molecule has 0 fully saturated rings. The molecule has 0 saturated heterocycles. The topological polar surface area (TPSA) is 237 Å². The van der Waals surface area contributed by atoms with Gasteiger partial charge in [0.2, 0.25) is 0 Å². The molecule has 17 nitrogen and oxygen atoms in total. The van der Waals surface area contributed by atoms with Gasteiger partial charge in [-0.1, -0.05) is 421 Å². The second-order valence-corrected chi connectivity index (χ2v) is 36.9. The zero-order valence-corrected chi connectivity index (χ0v) is 74.0. The van der Waals surface area contributed by atoms with Crippen molar-refractivity contribution in [1.29, 1.82) is 0 Å². The molecule has 3 N–H and O–H groups in total. The van der Waals surface area contributed by atoms with Crippen molar-refractivity contribution in [1.82, 2.24) is 0 Å². The van der Waals surface area contributed by atoms with Crippen LogP contribution in [-0.4, -0.2) is 96.7 Å². The molecule has 0 aromatic carbocycles. The van der Waals surface area contributed by atoms with Gasteiger partial charge in [0, 0.05) is 25.7 Å². The molecule has 0 rings (SSSR count). The van der Waals surface area contributed by atoms with Crippen molar-refractivity contribution in [2.45, 2.75) is 491 Å². The summed E-state index contributed by atoms with van der Waals surface area (Å²) >= 11 is 0. The highest BCUT2D eigenvalue weighted by molar-refractivity contribution is 7.47. The van der Waals surface area contributed by atoms with Crippen molar-refractivity contribution in [2.75, 3.05) is 39.6 Å². The molecule has 0 bridgehead atoms. The Morgan fingerprint density at radius 1 is 0.257 bits per heavy atom. The summed E-state index contributed by atoms with van der Waals surface area (Å²) in [7, 11) is -9.93. The normalized spacial score (nSPS) is 14.1. The number of carbonyl (C=O) groups is 4. The van der Waals surface area contributed by atoms with Crippen molar-refractivity contribution in [3.8, 4) is 0 Å². The number of carbonyl (C=O) groups excluding carboxylic acids is 4. The Kier molecular flexibility index (Phi) is 77.2. The van der Waals surface area contributed by atoms with Crippen LogP contribution in [0.15, 0.2) is 0 Å². The summed E-state index contributed by atoms with van der Waals surface area (Å²) in [5, 5.41) is 10.7. The molecule has 648 valence electrons. The van der Waals surface area contributed by atoms with Crippen LogP contribution in [0.1, 0.15) is 473 Å². The van der Waals surface area contributed by atoms with E-state index in [2.05, 4.69) is 55.4 Å². The molecule has 19 heteroatoms. The highest BCUT2D eigenvalue weighted by Gasteiger charge is 2.31. The second kappa shape index (κ2) is 78.6. The maximum atomic E-state index is 13.2. The van der Waals surface area contributed by atoms with Crippen LogP contribution >= 0.6 is 15.6 Å². The van der Waals surface area contributed by atoms with Gasteiger partial charge in [-0.15, -0.1) is 0 Å². The van der Waals surface area contributed by atoms with Gasteiger partial charge in [-0.3, -0.25) is 37.3 Å². The Balaban J connectivity index is 5.20. The summed E-state index contributed by atoms with van der Waals surface area (Å²) in [6.07, 6.45) is 69.7. The molecular formula is C90H176O17P2. The largest absolute Gasteiger partial charge is 0.472 e. The summed E-state index contributed by atoms with van der Waals surface area (Å²) in [6, 6.07) is 0. The molecule has 0 amide bonds. The average Bonchev–Trinajstić information content (AvgIpc) is 0.899. The molecule has 0 radical (unpaired) electrons. The van der Waals surface area contributed by atoms with Gasteiger partial charge in [-0.2, -0.15) is 0 Å². The fourth-order valence-electron chi connectivity index (χ4n) is 14.0.